The van der Waals surface area contributed by atoms with Crippen LogP contribution in [0.2, 0.25) is 0 Å². The molecule has 2 saturated heterocycles. The molecule has 1 saturated carbocycles. The molecule has 152 valence electrons. The van der Waals surface area contributed by atoms with Gasteiger partial charge in [-0.3, -0.25) is 29.4 Å². The molecule has 5 rings (SSSR count). The van der Waals surface area contributed by atoms with Gasteiger partial charge in [-0.25, -0.2) is 4.39 Å². The first-order valence-electron chi connectivity index (χ1n) is 9.97. The minimum absolute atomic E-state index is 0.0161. The summed E-state index contributed by atoms with van der Waals surface area (Å²) in [6.07, 6.45) is 2.17. The van der Waals surface area contributed by atoms with E-state index in [1.165, 1.54) is 12.1 Å². The molecule has 29 heavy (non-hydrogen) atoms. The molecule has 0 spiro atoms. The summed E-state index contributed by atoms with van der Waals surface area (Å²) in [6.45, 7) is 1.67. The maximum Gasteiger partial charge on any atom is 0.264 e. The minimum Gasteiger partial charge on any atom is -0.379 e. The Morgan fingerprint density at radius 2 is 1.72 bits per heavy atom. The Morgan fingerprint density at radius 3 is 2.41 bits per heavy atom. The highest BCUT2D eigenvalue weighted by Gasteiger charge is 2.47. The van der Waals surface area contributed by atoms with E-state index in [0.29, 0.717) is 11.8 Å². The molecule has 1 aromatic carbocycles. The second kappa shape index (κ2) is 6.62. The summed E-state index contributed by atoms with van der Waals surface area (Å²) < 4.78 is 14.8. The highest BCUT2D eigenvalue weighted by atomic mass is 19.1. The number of halogens is 1. The molecule has 3 heterocycles. The number of anilines is 1. The predicted molar refractivity (Wildman–Crippen MR) is 99.6 cm³/mol. The average molecular weight is 400 g/mol. The van der Waals surface area contributed by atoms with E-state index in [4.69, 9.17) is 0 Å². The highest BCUT2D eigenvalue weighted by molar-refractivity contribution is 6.25. The van der Waals surface area contributed by atoms with E-state index in [0.717, 1.165) is 30.8 Å². The lowest BCUT2D eigenvalue weighted by Crippen LogP contribution is -2.54. The second-order valence-corrected chi connectivity index (χ2v) is 8.22. The number of hydrogen-bond donors (Lipinski definition) is 3. The number of benzene rings is 1. The number of carbonyl (C=O) groups excluding carboxylic acids is 4. The number of imide groups is 2. The van der Waals surface area contributed by atoms with Crippen molar-refractivity contribution in [3.05, 3.63) is 29.1 Å². The summed E-state index contributed by atoms with van der Waals surface area (Å²) in [5.74, 6) is -2.35. The van der Waals surface area contributed by atoms with Crippen molar-refractivity contribution in [3.8, 4) is 0 Å². The molecular formula is C20H21FN4O4. The van der Waals surface area contributed by atoms with Crippen LogP contribution in [0.25, 0.3) is 0 Å². The number of carbonyl (C=O) groups is 4. The zero-order chi connectivity index (χ0) is 20.3. The van der Waals surface area contributed by atoms with Gasteiger partial charge in [0.25, 0.3) is 11.8 Å². The molecule has 3 aliphatic heterocycles. The van der Waals surface area contributed by atoms with E-state index in [9.17, 15) is 23.6 Å². The van der Waals surface area contributed by atoms with Crippen LogP contribution >= 0.6 is 0 Å². The molecule has 4 aliphatic rings. The van der Waals surface area contributed by atoms with E-state index in [-0.39, 0.29) is 35.7 Å². The summed E-state index contributed by atoms with van der Waals surface area (Å²) in [4.78, 5) is 50.6. The lowest BCUT2D eigenvalue weighted by molar-refractivity contribution is -0.136. The van der Waals surface area contributed by atoms with Crippen LogP contribution in [-0.2, 0) is 9.59 Å². The monoisotopic (exact) mass is 400 g/mol. The van der Waals surface area contributed by atoms with Crippen LogP contribution in [0.1, 0.15) is 46.4 Å². The minimum atomic E-state index is -1.06. The largest absolute Gasteiger partial charge is 0.379 e. The van der Waals surface area contributed by atoms with Crippen LogP contribution in [0.4, 0.5) is 10.1 Å². The second-order valence-electron chi connectivity index (χ2n) is 8.22. The highest BCUT2D eigenvalue weighted by Crippen LogP contribution is 2.39. The molecule has 2 bridgehead atoms. The number of rotatable bonds is 3. The molecule has 1 aliphatic carbocycles. The van der Waals surface area contributed by atoms with Gasteiger partial charge in [-0.05, 0) is 56.3 Å². The standard InChI is InChI=1S/C20H21FN4O4/c21-12-4-3-11-15(17(12)24-16-9-1-2-10(16)8-22-7-9)20(29)25(19(11)28)13-5-6-14(26)23-18(13)27/h3-4,9-10,13,16,22,24H,1-2,5-8H2,(H,23,26,27). The van der Waals surface area contributed by atoms with Gasteiger partial charge in [0.05, 0.1) is 16.8 Å². The van der Waals surface area contributed by atoms with Gasteiger partial charge in [-0.1, -0.05) is 0 Å². The van der Waals surface area contributed by atoms with Crippen LogP contribution in [0, 0.1) is 17.7 Å². The van der Waals surface area contributed by atoms with E-state index in [1.54, 1.807) is 0 Å². The number of nitrogens with one attached hydrogen (secondary N) is 3. The third-order valence-corrected chi connectivity index (χ3v) is 6.61. The van der Waals surface area contributed by atoms with E-state index >= 15 is 0 Å². The van der Waals surface area contributed by atoms with Crippen molar-refractivity contribution >= 4 is 29.3 Å². The Morgan fingerprint density at radius 1 is 1.00 bits per heavy atom. The molecule has 0 aromatic heterocycles. The number of piperidine rings is 2. The van der Waals surface area contributed by atoms with Crippen molar-refractivity contribution in [2.45, 2.75) is 37.8 Å². The van der Waals surface area contributed by atoms with Crippen molar-refractivity contribution in [1.82, 2.24) is 15.5 Å². The Balaban J connectivity index is 1.49. The van der Waals surface area contributed by atoms with Crippen molar-refractivity contribution in [3.63, 3.8) is 0 Å². The zero-order valence-corrected chi connectivity index (χ0v) is 15.7. The number of nitrogens with zero attached hydrogens (tertiary/aromatic N) is 1. The van der Waals surface area contributed by atoms with Crippen LogP contribution in [-0.4, -0.2) is 53.7 Å². The maximum atomic E-state index is 14.8. The van der Waals surface area contributed by atoms with Crippen LogP contribution in [0.5, 0.6) is 0 Å². The summed E-state index contributed by atoms with van der Waals surface area (Å²) in [6, 6.07) is 1.44. The quantitative estimate of drug-likeness (QED) is 0.643. The van der Waals surface area contributed by atoms with Crippen molar-refractivity contribution in [2.24, 2.45) is 11.8 Å². The van der Waals surface area contributed by atoms with Gasteiger partial charge in [-0.15, -0.1) is 0 Å². The normalized spacial score (nSPS) is 31.1. The van der Waals surface area contributed by atoms with Gasteiger partial charge >= 0.3 is 0 Å². The smallest absolute Gasteiger partial charge is 0.264 e. The molecular weight excluding hydrogens is 379 g/mol. The van der Waals surface area contributed by atoms with Crippen molar-refractivity contribution < 1.29 is 23.6 Å². The molecule has 4 amide bonds. The number of fused-ring (bicyclic) bond motifs is 3. The zero-order valence-electron chi connectivity index (χ0n) is 15.7. The molecule has 3 N–H and O–H groups in total. The van der Waals surface area contributed by atoms with Gasteiger partial charge < -0.3 is 10.6 Å². The Kier molecular flexibility index (Phi) is 4.16. The van der Waals surface area contributed by atoms with Gasteiger partial charge in [0.15, 0.2) is 0 Å². The number of hydrogen-bond acceptors (Lipinski definition) is 6. The van der Waals surface area contributed by atoms with Crippen LogP contribution in [0.15, 0.2) is 12.1 Å². The summed E-state index contributed by atoms with van der Waals surface area (Å²) in [5, 5.41) is 8.77. The summed E-state index contributed by atoms with van der Waals surface area (Å²) in [5.41, 5.74) is 0.113. The molecule has 3 fully saturated rings. The lowest BCUT2D eigenvalue weighted by atomic mass is 9.92. The molecule has 3 unspecified atom stereocenters. The maximum absolute atomic E-state index is 14.8. The Labute approximate surface area is 166 Å². The molecule has 3 atom stereocenters. The number of amides is 4. The van der Waals surface area contributed by atoms with E-state index in [2.05, 4.69) is 16.0 Å². The summed E-state index contributed by atoms with van der Waals surface area (Å²) >= 11 is 0. The molecule has 9 heteroatoms. The van der Waals surface area contributed by atoms with E-state index in [1.807, 2.05) is 0 Å². The molecule has 8 nitrogen and oxygen atoms in total. The van der Waals surface area contributed by atoms with Gasteiger partial charge in [-0.2, -0.15) is 0 Å². The van der Waals surface area contributed by atoms with Gasteiger partial charge in [0.1, 0.15) is 11.9 Å². The fourth-order valence-electron chi connectivity index (χ4n) is 5.16. The fourth-order valence-corrected chi connectivity index (χ4v) is 5.16. The average Bonchev–Trinajstić information content (AvgIpc) is 3.05. The van der Waals surface area contributed by atoms with Crippen molar-refractivity contribution in [1.29, 1.82) is 0 Å². The van der Waals surface area contributed by atoms with E-state index < -0.39 is 35.5 Å². The summed E-state index contributed by atoms with van der Waals surface area (Å²) in [7, 11) is 0. The Bertz CT molecular complexity index is 933. The van der Waals surface area contributed by atoms with Crippen LogP contribution in [0.3, 0.4) is 0 Å². The molecule has 1 aromatic rings. The first kappa shape index (κ1) is 18.2. The first-order chi connectivity index (χ1) is 14.0. The Hall–Kier alpha value is -2.81. The third-order valence-electron chi connectivity index (χ3n) is 6.61. The van der Waals surface area contributed by atoms with Crippen molar-refractivity contribution in [2.75, 3.05) is 18.4 Å². The fraction of sp³-hybridized carbons (Fsp3) is 0.500. The van der Waals surface area contributed by atoms with Crippen LogP contribution < -0.4 is 16.0 Å². The lowest BCUT2D eigenvalue weighted by Gasteiger charge is -2.33. The first-order valence-corrected chi connectivity index (χ1v) is 9.97. The van der Waals surface area contributed by atoms with Gasteiger partial charge in [0.2, 0.25) is 11.8 Å². The topological polar surface area (TPSA) is 108 Å². The third kappa shape index (κ3) is 2.75. The predicted octanol–water partition coefficient (Wildman–Crippen LogP) is 0.637. The SMILES string of the molecule is O=C1CCC(N2C(=O)c3ccc(F)c(NC4C5CCC4CNC5)c3C2=O)C(=O)N1. The molecule has 0 radical (unpaired) electrons. The van der Waals surface area contributed by atoms with Gasteiger partial charge in [0, 0.05) is 12.5 Å².